The first-order valence-corrected chi connectivity index (χ1v) is 11.1. The van der Waals surface area contributed by atoms with Crippen LogP contribution in [0.25, 0.3) is 11.0 Å². The predicted octanol–water partition coefficient (Wildman–Crippen LogP) is 3.12. The fourth-order valence-corrected chi connectivity index (χ4v) is 4.33. The smallest absolute Gasteiger partial charge is 0.410 e. The molecular weight excluding hydrogens is 372 g/mol. The van der Waals surface area contributed by atoms with Crippen LogP contribution in [0.5, 0.6) is 0 Å². The van der Waals surface area contributed by atoms with Gasteiger partial charge in [-0.15, -0.1) is 0 Å². The number of ether oxygens (including phenoxy) is 1. The third kappa shape index (κ3) is 3.50. The summed E-state index contributed by atoms with van der Waals surface area (Å²) in [6, 6.07) is 5.26. The number of nitrogens with zero attached hydrogens (tertiary/aromatic N) is 2. The first-order chi connectivity index (χ1) is 12.5. The molecule has 1 aromatic heterocycles. The van der Waals surface area contributed by atoms with Crippen LogP contribution in [0, 0.1) is 0 Å². The van der Waals surface area contributed by atoms with Gasteiger partial charge in [-0.1, -0.05) is 27.7 Å². The second-order valence-electron chi connectivity index (χ2n) is 6.28. The summed E-state index contributed by atoms with van der Waals surface area (Å²) in [6.07, 6.45) is 3.30. The second-order valence-corrected chi connectivity index (χ2v) is 8.97. The standard InChI is InChI=1S/C17H22N4O3S2/c1-17(7-4-8-21(17)16(23)24-9-10-26-25-2)15-19-12-6-3-5-11(14(18)22)13(12)20-15/h3,5-6H,4,7-10H2,1-2H3,(H2,18,22)(H,19,20)/t17-/m1/s1. The number of rotatable bonds is 6. The molecule has 3 N–H and O–H groups in total. The summed E-state index contributed by atoms with van der Waals surface area (Å²) in [6.45, 7) is 2.97. The van der Waals surface area contributed by atoms with E-state index in [2.05, 4.69) is 9.97 Å². The lowest BCUT2D eigenvalue weighted by atomic mass is 9.98. The van der Waals surface area contributed by atoms with E-state index in [0.29, 0.717) is 30.1 Å². The maximum absolute atomic E-state index is 12.6. The molecular formula is C17H22N4O3S2. The largest absolute Gasteiger partial charge is 0.448 e. The minimum atomic E-state index is -0.600. The van der Waals surface area contributed by atoms with Gasteiger partial charge in [0.05, 0.1) is 11.1 Å². The number of fused-ring (bicyclic) bond motifs is 1. The summed E-state index contributed by atoms with van der Waals surface area (Å²) in [5.74, 6) is 0.881. The summed E-state index contributed by atoms with van der Waals surface area (Å²) < 4.78 is 5.42. The van der Waals surface area contributed by atoms with Gasteiger partial charge in [-0.25, -0.2) is 9.78 Å². The summed E-state index contributed by atoms with van der Waals surface area (Å²) in [4.78, 5) is 33.8. The van der Waals surface area contributed by atoms with E-state index in [1.807, 2.05) is 19.2 Å². The predicted molar refractivity (Wildman–Crippen MR) is 105 cm³/mol. The number of primary amides is 1. The zero-order valence-corrected chi connectivity index (χ0v) is 16.4. The Bertz CT molecular complexity index is 825. The number of nitrogens with two attached hydrogens (primary N) is 1. The van der Waals surface area contributed by atoms with Gasteiger partial charge < -0.3 is 15.5 Å². The van der Waals surface area contributed by atoms with Crippen molar-refractivity contribution in [3.05, 3.63) is 29.6 Å². The fourth-order valence-electron chi connectivity index (χ4n) is 3.31. The van der Waals surface area contributed by atoms with Crippen molar-refractivity contribution in [1.29, 1.82) is 0 Å². The molecule has 1 fully saturated rings. The first-order valence-electron chi connectivity index (χ1n) is 8.36. The molecule has 0 spiro atoms. The first kappa shape index (κ1) is 18.9. The van der Waals surface area contributed by atoms with Crippen LogP contribution in [0.4, 0.5) is 4.79 Å². The molecule has 2 amide bonds. The highest BCUT2D eigenvalue weighted by Crippen LogP contribution is 2.38. The molecule has 0 aliphatic carbocycles. The molecule has 0 unspecified atom stereocenters. The molecule has 7 nitrogen and oxygen atoms in total. The van der Waals surface area contributed by atoms with Crippen LogP contribution in [0.15, 0.2) is 18.2 Å². The van der Waals surface area contributed by atoms with Crippen molar-refractivity contribution in [3.8, 4) is 0 Å². The van der Waals surface area contributed by atoms with Crippen LogP contribution in [0.1, 0.15) is 35.9 Å². The molecule has 1 aromatic carbocycles. The van der Waals surface area contributed by atoms with Crippen molar-refractivity contribution in [2.45, 2.75) is 25.3 Å². The molecule has 26 heavy (non-hydrogen) atoms. The van der Waals surface area contributed by atoms with Gasteiger partial charge in [0.15, 0.2) is 0 Å². The van der Waals surface area contributed by atoms with Gasteiger partial charge in [-0.2, -0.15) is 0 Å². The van der Waals surface area contributed by atoms with Crippen molar-refractivity contribution in [2.75, 3.05) is 25.2 Å². The van der Waals surface area contributed by atoms with E-state index < -0.39 is 11.4 Å². The Morgan fingerprint density at radius 1 is 1.46 bits per heavy atom. The van der Waals surface area contributed by atoms with E-state index in [9.17, 15) is 9.59 Å². The van der Waals surface area contributed by atoms with E-state index in [0.717, 1.165) is 24.1 Å². The maximum Gasteiger partial charge on any atom is 0.410 e. The van der Waals surface area contributed by atoms with Gasteiger partial charge in [0, 0.05) is 12.3 Å². The van der Waals surface area contributed by atoms with Gasteiger partial charge in [-0.05, 0) is 38.2 Å². The highest BCUT2D eigenvalue weighted by molar-refractivity contribution is 8.76. The number of carbonyl (C=O) groups is 2. The van der Waals surface area contributed by atoms with Gasteiger partial charge in [-0.3, -0.25) is 9.69 Å². The minimum Gasteiger partial charge on any atom is -0.448 e. The average molecular weight is 395 g/mol. The lowest BCUT2D eigenvalue weighted by Crippen LogP contribution is -2.44. The zero-order valence-electron chi connectivity index (χ0n) is 14.8. The zero-order chi connectivity index (χ0) is 18.7. The van der Waals surface area contributed by atoms with Crippen LogP contribution < -0.4 is 5.73 Å². The molecule has 1 aliphatic rings. The van der Waals surface area contributed by atoms with Gasteiger partial charge in [0.2, 0.25) is 0 Å². The number of para-hydroxylation sites is 1. The minimum absolute atomic E-state index is 0.331. The third-order valence-electron chi connectivity index (χ3n) is 4.66. The van der Waals surface area contributed by atoms with E-state index in [-0.39, 0.29) is 6.09 Å². The van der Waals surface area contributed by atoms with Crippen LogP contribution >= 0.6 is 21.6 Å². The quantitative estimate of drug-likeness (QED) is 0.577. The SMILES string of the molecule is CSSCCOC(=O)N1CCC[C@]1(C)c1nc2c(C(N)=O)cccc2[nH]1. The Balaban J connectivity index is 1.86. The highest BCUT2D eigenvalue weighted by Gasteiger charge is 2.44. The fraction of sp³-hybridized carbons (Fsp3) is 0.471. The molecule has 2 heterocycles. The molecule has 2 aromatic rings. The number of aromatic nitrogens is 2. The molecule has 1 saturated heterocycles. The number of hydrogen-bond donors (Lipinski definition) is 2. The monoisotopic (exact) mass is 394 g/mol. The topological polar surface area (TPSA) is 101 Å². The average Bonchev–Trinajstić information content (AvgIpc) is 3.22. The summed E-state index contributed by atoms with van der Waals surface area (Å²) in [7, 11) is 3.30. The number of benzene rings is 1. The molecule has 9 heteroatoms. The van der Waals surface area contributed by atoms with Crippen molar-refractivity contribution in [2.24, 2.45) is 5.73 Å². The molecule has 1 aliphatic heterocycles. The number of likely N-dealkylation sites (tertiary alicyclic amines) is 1. The number of hydrogen-bond acceptors (Lipinski definition) is 6. The number of imidazole rings is 1. The van der Waals surface area contributed by atoms with Gasteiger partial charge in [0.25, 0.3) is 5.91 Å². The molecule has 1 atom stereocenters. The number of carbonyl (C=O) groups excluding carboxylic acids is 2. The third-order valence-corrected chi connectivity index (χ3v) is 6.44. The number of nitrogens with one attached hydrogen (secondary N) is 1. The van der Waals surface area contributed by atoms with Crippen LogP contribution in [-0.2, 0) is 10.3 Å². The van der Waals surface area contributed by atoms with E-state index in [1.54, 1.807) is 38.6 Å². The Morgan fingerprint density at radius 3 is 3.00 bits per heavy atom. The maximum atomic E-state index is 12.6. The summed E-state index contributed by atoms with van der Waals surface area (Å²) in [5, 5.41) is 0. The van der Waals surface area contributed by atoms with Gasteiger partial charge in [0.1, 0.15) is 23.5 Å². The van der Waals surface area contributed by atoms with Crippen LogP contribution in [0.2, 0.25) is 0 Å². The van der Waals surface area contributed by atoms with Gasteiger partial charge >= 0.3 is 6.09 Å². The Kier molecular flexibility index (Phi) is 5.67. The molecule has 0 saturated carbocycles. The van der Waals surface area contributed by atoms with Crippen molar-refractivity contribution in [3.63, 3.8) is 0 Å². The summed E-state index contributed by atoms with van der Waals surface area (Å²) >= 11 is 0. The molecule has 140 valence electrons. The van der Waals surface area contributed by atoms with Crippen molar-refractivity contribution < 1.29 is 14.3 Å². The number of aromatic amines is 1. The number of H-pyrrole nitrogens is 1. The number of amides is 2. The van der Waals surface area contributed by atoms with Crippen molar-refractivity contribution >= 4 is 44.6 Å². The highest BCUT2D eigenvalue weighted by atomic mass is 33.1. The summed E-state index contributed by atoms with van der Waals surface area (Å²) in [5.41, 5.74) is 6.49. The molecule has 0 radical (unpaired) electrons. The van der Waals surface area contributed by atoms with Crippen LogP contribution in [-0.4, -0.2) is 52.0 Å². The van der Waals surface area contributed by atoms with E-state index in [4.69, 9.17) is 10.5 Å². The Labute approximate surface area is 159 Å². The lowest BCUT2D eigenvalue weighted by Gasteiger charge is -2.32. The second kappa shape index (κ2) is 7.79. The van der Waals surface area contributed by atoms with E-state index in [1.165, 1.54) is 0 Å². The van der Waals surface area contributed by atoms with Crippen molar-refractivity contribution in [1.82, 2.24) is 14.9 Å². The van der Waals surface area contributed by atoms with Crippen LogP contribution in [0.3, 0.4) is 0 Å². The lowest BCUT2D eigenvalue weighted by molar-refractivity contribution is 0.0763. The molecule has 3 rings (SSSR count). The normalized spacial score (nSPS) is 19.8. The Hall–Kier alpha value is -1.87. The van der Waals surface area contributed by atoms with E-state index >= 15 is 0 Å². The molecule has 0 bridgehead atoms. The Morgan fingerprint density at radius 2 is 2.27 bits per heavy atom.